The zero-order valence-electron chi connectivity index (χ0n) is 14.5. The van der Waals surface area contributed by atoms with E-state index in [1.54, 1.807) is 28.6 Å². The minimum atomic E-state index is -3.39. The van der Waals surface area contributed by atoms with Crippen LogP contribution in [0.25, 0.3) is 0 Å². The summed E-state index contributed by atoms with van der Waals surface area (Å²) in [4.78, 5) is 12.5. The summed E-state index contributed by atoms with van der Waals surface area (Å²) >= 11 is 0. The van der Waals surface area contributed by atoms with E-state index < -0.39 is 10.0 Å². The summed E-state index contributed by atoms with van der Waals surface area (Å²) in [5.41, 5.74) is 0.904. The summed E-state index contributed by atoms with van der Waals surface area (Å²) in [7, 11) is -3.39. The Morgan fingerprint density at radius 1 is 1.08 bits per heavy atom. The van der Waals surface area contributed by atoms with Gasteiger partial charge < -0.3 is 10.6 Å². The van der Waals surface area contributed by atoms with Gasteiger partial charge in [-0.2, -0.15) is 4.31 Å². The van der Waals surface area contributed by atoms with Crippen molar-refractivity contribution in [2.45, 2.75) is 56.0 Å². The topological polar surface area (TPSA) is 78.5 Å². The molecule has 1 aromatic carbocycles. The van der Waals surface area contributed by atoms with Crippen molar-refractivity contribution in [3.63, 3.8) is 0 Å². The van der Waals surface area contributed by atoms with Crippen LogP contribution in [-0.4, -0.2) is 44.3 Å². The summed E-state index contributed by atoms with van der Waals surface area (Å²) in [6.45, 7) is 2.52. The van der Waals surface area contributed by atoms with Crippen molar-refractivity contribution in [3.8, 4) is 0 Å². The number of benzene rings is 1. The molecule has 2 fully saturated rings. The molecule has 2 aliphatic rings. The van der Waals surface area contributed by atoms with Gasteiger partial charge in [0.25, 0.3) is 0 Å². The van der Waals surface area contributed by atoms with Crippen LogP contribution in [-0.2, 0) is 21.4 Å². The highest BCUT2D eigenvalue weighted by atomic mass is 32.2. The summed E-state index contributed by atoms with van der Waals surface area (Å²) in [5.74, 6) is 0.0183. The van der Waals surface area contributed by atoms with Gasteiger partial charge in [0.2, 0.25) is 15.9 Å². The van der Waals surface area contributed by atoms with Crippen LogP contribution in [0, 0.1) is 0 Å². The molecule has 0 spiro atoms. The number of amides is 1. The lowest BCUT2D eigenvalue weighted by molar-refractivity contribution is -0.123. The van der Waals surface area contributed by atoms with Gasteiger partial charge in [0.05, 0.1) is 10.9 Å². The molecule has 0 aliphatic carbocycles. The fourth-order valence-corrected chi connectivity index (χ4v) is 4.94. The zero-order valence-corrected chi connectivity index (χ0v) is 15.4. The van der Waals surface area contributed by atoms with Crippen LogP contribution in [0.2, 0.25) is 0 Å². The molecule has 0 saturated carbocycles. The normalized spacial score (nSPS) is 22.5. The Bertz CT molecular complexity index is 676. The Labute approximate surface area is 150 Å². The molecule has 0 radical (unpaired) electrons. The van der Waals surface area contributed by atoms with Crippen LogP contribution >= 0.6 is 0 Å². The van der Waals surface area contributed by atoms with Gasteiger partial charge in [-0.3, -0.25) is 4.79 Å². The van der Waals surface area contributed by atoms with Crippen molar-refractivity contribution in [2.24, 2.45) is 0 Å². The van der Waals surface area contributed by atoms with Crippen molar-refractivity contribution in [1.29, 1.82) is 0 Å². The lowest BCUT2D eigenvalue weighted by Gasteiger charge is -2.26. The van der Waals surface area contributed by atoms with Crippen LogP contribution in [0.4, 0.5) is 0 Å². The Morgan fingerprint density at radius 2 is 1.80 bits per heavy atom. The molecule has 138 valence electrons. The lowest BCUT2D eigenvalue weighted by Crippen LogP contribution is -2.46. The van der Waals surface area contributed by atoms with Gasteiger partial charge in [0, 0.05) is 19.6 Å². The van der Waals surface area contributed by atoms with Gasteiger partial charge in [-0.25, -0.2) is 8.42 Å². The first kappa shape index (κ1) is 18.4. The molecule has 6 nitrogen and oxygen atoms in total. The number of carbonyl (C=O) groups excluding carboxylic acids is 1. The quantitative estimate of drug-likeness (QED) is 0.831. The average molecular weight is 365 g/mol. The van der Waals surface area contributed by atoms with Gasteiger partial charge in [0.15, 0.2) is 0 Å². The molecule has 2 saturated heterocycles. The molecule has 1 amide bonds. The molecule has 1 aromatic rings. The summed E-state index contributed by atoms with van der Waals surface area (Å²) < 4.78 is 26.8. The van der Waals surface area contributed by atoms with Crippen molar-refractivity contribution in [3.05, 3.63) is 29.8 Å². The highest BCUT2D eigenvalue weighted by Crippen LogP contribution is 2.20. The standard InChI is InChI=1S/C18H27N3O3S/c22-18(17-6-2-3-11-19-17)20-14-15-7-9-16(10-8-15)25(23,24)21-12-4-1-5-13-21/h7-10,17,19H,1-6,11-14H2,(H,20,22). The maximum Gasteiger partial charge on any atom is 0.243 e. The molecule has 3 rings (SSSR count). The number of carbonyl (C=O) groups is 1. The van der Waals surface area contributed by atoms with E-state index in [2.05, 4.69) is 10.6 Å². The van der Waals surface area contributed by atoms with Gasteiger partial charge in [-0.15, -0.1) is 0 Å². The predicted molar refractivity (Wildman–Crippen MR) is 96.5 cm³/mol. The van der Waals surface area contributed by atoms with Gasteiger partial charge >= 0.3 is 0 Å². The first-order chi connectivity index (χ1) is 12.1. The summed E-state index contributed by atoms with van der Waals surface area (Å²) in [6, 6.07) is 6.75. The second kappa shape index (κ2) is 8.29. The van der Waals surface area contributed by atoms with Crippen LogP contribution in [0.15, 0.2) is 29.2 Å². The number of sulfonamides is 1. The average Bonchev–Trinajstić information content (AvgIpc) is 2.68. The predicted octanol–water partition coefficient (Wildman–Crippen LogP) is 1.62. The molecule has 25 heavy (non-hydrogen) atoms. The first-order valence-electron chi connectivity index (χ1n) is 9.17. The largest absolute Gasteiger partial charge is 0.351 e. The maximum absolute atomic E-state index is 12.6. The Balaban J connectivity index is 1.57. The third kappa shape index (κ3) is 4.59. The van der Waals surface area contributed by atoms with Crippen LogP contribution < -0.4 is 10.6 Å². The highest BCUT2D eigenvalue weighted by molar-refractivity contribution is 7.89. The highest BCUT2D eigenvalue weighted by Gasteiger charge is 2.25. The van der Waals surface area contributed by atoms with E-state index in [-0.39, 0.29) is 11.9 Å². The lowest BCUT2D eigenvalue weighted by atomic mass is 10.0. The number of hydrogen-bond donors (Lipinski definition) is 2. The maximum atomic E-state index is 12.6. The Morgan fingerprint density at radius 3 is 2.44 bits per heavy atom. The molecule has 2 aliphatic heterocycles. The molecule has 7 heteroatoms. The number of nitrogens with one attached hydrogen (secondary N) is 2. The third-order valence-corrected chi connectivity index (χ3v) is 6.88. The van der Waals surface area contributed by atoms with E-state index in [9.17, 15) is 13.2 Å². The minimum Gasteiger partial charge on any atom is -0.351 e. The molecular weight excluding hydrogens is 338 g/mol. The van der Waals surface area contributed by atoms with Crippen molar-refractivity contribution < 1.29 is 13.2 Å². The van der Waals surface area contributed by atoms with E-state index in [0.29, 0.717) is 24.5 Å². The second-order valence-electron chi connectivity index (χ2n) is 6.83. The van der Waals surface area contributed by atoms with E-state index in [1.807, 2.05) is 0 Å². The van der Waals surface area contributed by atoms with E-state index >= 15 is 0 Å². The van der Waals surface area contributed by atoms with E-state index in [4.69, 9.17) is 0 Å². The molecular formula is C18H27N3O3S. The fraction of sp³-hybridized carbons (Fsp3) is 0.611. The van der Waals surface area contributed by atoms with Crippen molar-refractivity contribution in [1.82, 2.24) is 14.9 Å². The third-order valence-electron chi connectivity index (χ3n) is 4.97. The Hall–Kier alpha value is -1.44. The number of nitrogens with zero attached hydrogens (tertiary/aromatic N) is 1. The van der Waals surface area contributed by atoms with E-state index in [1.165, 1.54) is 0 Å². The molecule has 1 atom stereocenters. The number of hydrogen-bond acceptors (Lipinski definition) is 4. The zero-order chi connectivity index (χ0) is 17.7. The van der Waals surface area contributed by atoms with Gasteiger partial charge in [-0.05, 0) is 49.9 Å². The minimum absolute atomic E-state index is 0.0183. The molecule has 0 aromatic heterocycles. The first-order valence-corrected chi connectivity index (χ1v) is 10.6. The monoisotopic (exact) mass is 365 g/mol. The van der Waals surface area contributed by atoms with Crippen LogP contribution in [0.1, 0.15) is 44.1 Å². The molecule has 2 N–H and O–H groups in total. The van der Waals surface area contributed by atoms with E-state index in [0.717, 1.165) is 50.6 Å². The van der Waals surface area contributed by atoms with Crippen molar-refractivity contribution >= 4 is 15.9 Å². The van der Waals surface area contributed by atoms with Gasteiger partial charge in [-0.1, -0.05) is 25.0 Å². The fourth-order valence-electron chi connectivity index (χ4n) is 3.42. The number of piperidine rings is 2. The summed E-state index contributed by atoms with van der Waals surface area (Å²) in [6.07, 6.45) is 6.03. The molecule has 0 bridgehead atoms. The van der Waals surface area contributed by atoms with Crippen LogP contribution in [0.3, 0.4) is 0 Å². The Kier molecular flexibility index (Phi) is 6.09. The van der Waals surface area contributed by atoms with Crippen molar-refractivity contribution in [2.75, 3.05) is 19.6 Å². The molecule has 1 unspecified atom stereocenters. The number of rotatable bonds is 5. The second-order valence-corrected chi connectivity index (χ2v) is 8.77. The summed E-state index contributed by atoms with van der Waals surface area (Å²) in [5, 5.41) is 6.15. The molecule has 2 heterocycles. The van der Waals surface area contributed by atoms with Gasteiger partial charge in [0.1, 0.15) is 0 Å². The smallest absolute Gasteiger partial charge is 0.243 e. The van der Waals surface area contributed by atoms with Crippen LogP contribution in [0.5, 0.6) is 0 Å². The SMILES string of the molecule is O=C(NCc1ccc(S(=O)(=O)N2CCCCC2)cc1)C1CCCCN1.